The van der Waals surface area contributed by atoms with Gasteiger partial charge in [-0.05, 0) is 55.3 Å². The molecule has 0 unspecified atom stereocenters. The topological polar surface area (TPSA) is 64.4 Å². The average Bonchev–Trinajstić information content (AvgIpc) is 2.69. The van der Waals surface area contributed by atoms with Gasteiger partial charge in [0.05, 0.1) is 11.6 Å². The lowest BCUT2D eigenvalue weighted by atomic mass is 10.1. The van der Waals surface area contributed by atoms with E-state index in [4.69, 9.17) is 5.26 Å². The van der Waals surface area contributed by atoms with Crippen LogP contribution in [0, 0.1) is 25.2 Å². The van der Waals surface area contributed by atoms with Crippen molar-refractivity contribution in [2.24, 2.45) is 0 Å². The Morgan fingerprint density at radius 2 is 1.42 bits per heavy atom. The molecule has 132 valence electrons. The number of nitriles is 1. The number of carbonyl (C=O) groups excluding carboxylic acids is 2. The minimum absolute atomic E-state index is 0.00618. The lowest BCUT2D eigenvalue weighted by Gasteiger charge is -2.35. The molecule has 0 atom stereocenters. The Balaban J connectivity index is 1.65. The van der Waals surface area contributed by atoms with Gasteiger partial charge in [0.2, 0.25) is 0 Å². The van der Waals surface area contributed by atoms with Crippen molar-refractivity contribution in [2.45, 2.75) is 13.8 Å². The molecule has 26 heavy (non-hydrogen) atoms. The molecule has 2 aromatic carbocycles. The lowest BCUT2D eigenvalue weighted by molar-refractivity contribution is 0.0535. The Hall–Kier alpha value is -3.13. The fourth-order valence-corrected chi connectivity index (χ4v) is 3.07. The van der Waals surface area contributed by atoms with Crippen LogP contribution in [0.25, 0.3) is 0 Å². The third-order valence-corrected chi connectivity index (χ3v) is 4.85. The van der Waals surface area contributed by atoms with E-state index in [0.29, 0.717) is 42.9 Å². The van der Waals surface area contributed by atoms with Gasteiger partial charge in [0.15, 0.2) is 0 Å². The number of aryl methyl sites for hydroxylation is 2. The van der Waals surface area contributed by atoms with E-state index >= 15 is 0 Å². The molecule has 0 spiro atoms. The Morgan fingerprint density at radius 3 is 1.96 bits per heavy atom. The zero-order valence-corrected chi connectivity index (χ0v) is 15.0. The first kappa shape index (κ1) is 17.7. The highest BCUT2D eigenvalue weighted by molar-refractivity contribution is 5.96. The predicted octanol–water partition coefficient (Wildman–Crippen LogP) is 2.77. The first-order valence-corrected chi connectivity index (χ1v) is 8.65. The molecule has 2 aromatic rings. The number of amides is 2. The van der Waals surface area contributed by atoms with Crippen LogP contribution in [-0.4, -0.2) is 47.8 Å². The number of hydrogen-bond donors (Lipinski definition) is 0. The summed E-state index contributed by atoms with van der Waals surface area (Å²) in [7, 11) is 0. The smallest absolute Gasteiger partial charge is 0.254 e. The highest BCUT2D eigenvalue weighted by Gasteiger charge is 2.25. The molecular weight excluding hydrogens is 326 g/mol. The summed E-state index contributed by atoms with van der Waals surface area (Å²) in [6, 6.07) is 14.5. The van der Waals surface area contributed by atoms with E-state index in [2.05, 4.69) is 6.07 Å². The molecule has 0 saturated carbocycles. The highest BCUT2D eigenvalue weighted by Crippen LogP contribution is 2.15. The molecule has 0 aromatic heterocycles. The first-order valence-electron chi connectivity index (χ1n) is 8.65. The summed E-state index contributed by atoms with van der Waals surface area (Å²) < 4.78 is 0. The van der Waals surface area contributed by atoms with Crippen molar-refractivity contribution in [1.29, 1.82) is 5.26 Å². The van der Waals surface area contributed by atoms with Gasteiger partial charge >= 0.3 is 0 Å². The van der Waals surface area contributed by atoms with Gasteiger partial charge in [0.1, 0.15) is 0 Å². The second-order valence-electron chi connectivity index (χ2n) is 6.58. The zero-order chi connectivity index (χ0) is 18.7. The standard InChI is InChI=1S/C21H21N3O2/c1-15-6-7-19(12-16(15)2)21(26)24-10-8-23(9-11-24)20(25)18-5-3-4-17(13-18)14-22/h3-7,12-13H,8-11H2,1-2H3. The van der Waals surface area contributed by atoms with Crippen LogP contribution in [0.15, 0.2) is 42.5 Å². The molecule has 1 heterocycles. The maximum Gasteiger partial charge on any atom is 0.254 e. The third-order valence-electron chi connectivity index (χ3n) is 4.85. The van der Waals surface area contributed by atoms with Gasteiger partial charge in [-0.2, -0.15) is 5.26 Å². The van der Waals surface area contributed by atoms with Crippen LogP contribution in [0.4, 0.5) is 0 Å². The second kappa shape index (κ2) is 7.40. The van der Waals surface area contributed by atoms with Gasteiger partial charge in [0.25, 0.3) is 11.8 Å². The van der Waals surface area contributed by atoms with Crippen molar-refractivity contribution in [1.82, 2.24) is 9.80 Å². The average molecular weight is 347 g/mol. The molecule has 3 rings (SSSR count). The van der Waals surface area contributed by atoms with Crippen molar-refractivity contribution < 1.29 is 9.59 Å². The van der Waals surface area contributed by atoms with E-state index in [0.717, 1.165) is 11.1 Å². The minimum Gasteiger partial charge on any atom is -0.335 e. The monoisotopic (exact) mass is 347 g/mol. The molecule has 0 N–H and O–H groups in total. The predicted molar refractivity (Wildman–Crippen MR) is 98.9 cm³/mol. The number of nitrogens with zero attached hydrogens (tertiary/aromatic N) is 3. The number of piperazine rings is 1. The van der Waals surface area contributed by atoms with Crippen molar-refractivity contribution >= 4 is 11.8 Å². The molecule has 2 amide bonds. The molecule has 1 fully saturated rings. The molecule has 5 heteroatoms. The Morgan fingerprint density at radius 1 is 0.846 bits per heavy atom. The summed E-state index contributed by atoms with van der Waals surface area (Å²) in [6.45, 7) is 6.02. The fraction of sp³-hybridized carbons (Fsp3) is 0.286. The van der Waals surface area contributed by atoms with Crippen molar-refractivity contribution in [3.05, 3.63) is 70.3 Å². The van der Waals surface area contributed by atoms with Gasteiger partial charge in [-0.15, -0.1) is 0 Å². The number of benzene rings is 2. The summed E-state index contributed by atoms with van der Waals surface area (Å²) in [6.07, 6.45) is 0. The molecule has 1 saturated heterocycles. The summed E-state index contributed by atoms with van der Waals surface area (Å²) in [5.41, 5.74) is 3.94. The van der Waals surface area contributed by atoms with E-state index in [9.17, 15) is 9.59 Å². The molecule has 0 radical (unpaired) electrons. The summed E-state index contributed by atoms with van der Waals surface area (Å²) in [5, 5.41) is 8.98. The molecule has 0 aliphatic carbocycles. The van der Waals surface area contributed by atoms with Crippen LogP contribution < -0.4 is 0 Å². The van der Waals surface area contributed by atoms with Crippen LogP contribution in [0.1, 0.15) is 37.4 Å². The summed E-state index contributed by atoms with van der Waals surface area (Å²) in [4.78, 5) is 28.8. The van der Waals surface area contributed by atoms with Gasteiger partial charge in [-0.1, -0.05) is 12.1 Å². The van der Waals surface area contributed by atoms with Crippen molar-refractivity contribution in [3.63, 3.8) is 0 Å². The fourth-order valence-electron chi connectivity index (χ4n) is 3.07. The van der Waals surface area contributed by atoms with Crippen LogP contribution >= 0.6 is 0 Å². The molecule has 1 aliphatic heterocycles. The van der Waals surface area contributed by atoms with E-state index in [1.807, 2.05) is 32.0 Å². The van der Waals surface area contributed by atoms with E-state index in [1.54, 1.807) is 34.1 Å². The SMILES string of the molecule is Cc1ccc(C(=O)N2CCN(C(=O)c3cccc(C#N)c3)CC2)cc1C. The van der Waals surface area contributed by atoms with Gasteiger partial charge in [-0.3, -0.25) is 9.59 Å². The third kappa shape index (κ3) is 3.60. The quantitative estimate of drug-likeness (QED) is 0.839. The number of rotatable bonds is 2. The summed E-state index contributed by atoms with van der Waals surface area (Å²) in [5.74, 6) is -0.0907. The van der Waals surface area contributed by atoms with Crippen molar-refractivity contribution in [3.8, 4) is 6.07 Å². The molecular formula is C21H21N3O2. The largest absolute Gasteiger partial charge is 0.335 e. The zero-order valence-electron chi connectivity index (χ0n) is 15.0. The van der Waals surface area contributed by atoms with Crippen LogP contribution in [0.3, 0.4) is 0 Å². The summed E-state index contributed by atoms with van der Waals surface area (Å²) >= 11 is 0. The maximum absolute atomic E-state index is 12.7. The Labute approximate surface area is 153 Å². The van der Waals surface area contributed by atoms with Gasteiger partial charge in [-0.25, -0.2) is 0 Å². The Bertz CT molecular complexity index is 890. The lowest BCUT2D eigenvalue weighted by Crippen LogP contribution is -2.50. The number of carbonyl (C=O) groups is 2. The van der Waals surface area contributed by atoms with Crippen LogP contribution in [-0.2, 0) is 0 Å². The second-order valence-corrected chi connectivity index (χ2v) is 6.58. The molecule has 1 aliphatic rings. The highest BCUT2D eigenvalue weighted by atomic mass is 16.2. The van der Waals surface area contributed by atoms with E-state index in [-0.39, 0.29) is 11.8 Å². The van der Waals surface area contributed by atoms with Crippen molar-refractivity contribution in [2.75, 3.05) is 26.2 Å². The van der Waals surface area contributed by atoms with Crippen LogP contribution in [0.5, 0.6) is 0 Å². The van der Waals surface area contributed by atoms with E-state index < -0.39 is 0 Å². The number of hydrogen-bond acceptors (Lipinski definition) is 3. The first-order chi connectivity index (χ1) is 12.5. The normalized spacial score (nSPS) is 14.0. The van der Waals surface area contributed by atoms with Gasteiger partial charge < -0.3 is 9.80 Å². The van der Waals surface area contributed by atoms with E-state index in [1.165, 1.54) is 0 Å². The maximum atomic E-state index is 12.7. The minimum atomic E-state index is -0.0969. The van der Waals surface area contributed by atoms with Crippen LogP contribution in [0.2, 0.25) is 0 Å². The Kier molecular flexibility index (Phi) is 5.04. The molecule has 0 bridgehead atoms. The molecule has 5 nitrogen and oxygen atoms in total. The van der Waals surface area contributed by atoms with Gasteiger partial charge in [0, 0.05) is 37.3 Å².